The standard InChI is InChI=1S/C8H16N4O/c1-5(9)6-10-11-7(13)12(6)8(2,3)4/h5H,9H2,1-4H3,(H,11,13). The molecule has 1 atom stereocenters. The Balaban J connectivity index is 3.33. The second-order valence-electron chi connectivity index (χ2n) is 4.18. The van der Waals surface area contributed by atoms with Crippen LogP contribution in [0, 0.1) is 0 Å². The number of rotatable bonds is 1. The highest BCUT2D eigenvalue weighted by Gasteiger charge is 2.22. The van der Waals surface area contributed by atoms with Gasteiger partial charge in [-0.05, 0) is 27.7 Å². The van der Waals surface area contributed by atoms with Crippen molar-refractivity contribution in [3.63, 3.8) is 0 Å². The molecule has 1 aromatic heterocycles. The highest BCUT2D eigenvalue weighted by atomic mass is 16.1. The van der Waals surface area contributed by atoms with E-state index in [1.165, 1.54) is 0 Å². The van der Waals surface area contributed by atoms with E-state index in [0.717, 1.165) is 0 Å². The molecule has 1 unspecified atom stereocenters. The molecule has 5 nitrogen and oxygen atoms in total. The summed E-state index contributed by atoms with van der Waals surface area (Å²) in [5, 5.41) is 6.28. The van der Waals surface area contributed by atoms with E-state index >= 15 is 0 Å². The van der Waals surface area contributed by atoms with Crippen LogP contribution in [-0.2, 0) is 5.54 Å². The van der Waals surface area contributed by atoms with Crippen molar-refractivity contribution < 1.29 is 0 Å². The Bertz CT molecular complexity index is 342. The summed E-state index contributed by atoms with van der Waals surface area (Å²) in [4.78, 5) is 11.4. The van der Waals surface area contributed by atoms with Crippen LogP contribution in [0.2, 0.25) is 0 Å². The first-order chi connectivity index (χ1) is 5.84. The molecule has 13 heavy (non-hydrogen) atoms. The number of nitrogens with two attached hydrogens (primary N) is 1. The molecule has 0 radical (unpaired) electrons. The first-order valence-electron chi connectivity index (χ1n) is 4.27. The normalized spacial score (nSPS) is 14.5. The van der Waals surface area contributed by atoms with Gasteiger partial charge in [-0.2, -0.15) is 5.10 Å². The molecular weight excluding hydrogens is 168 g/mol. The van der Waals surface area contributed by atoms with Crippen molar-refractivity contribution in [1.29, 1.82) is 0 Å². The molecule has 0 aliphatic heterocycles. The molecule has 0 aliphatic rings. The molecule has 1 heterocycles. The lowest BCUT2D eigenvalue weighted by atomic mass is 10.1. The van der Waals surface area contributed by atoms with E-state index in [1.807, 2.05) is 20.8 Å². The zero-order valence-electron chi connectivity index (χ0n) is 8.46. The summed E-state index contributed by atoms with van der Waals surface area (Å²) in [7, 11) is 0. The Kier molecular flexibility index (Phi) is 2.30. The van der Waals surface area contributed by atoms with Crippen molar-refractivity contribution in [3.8, 4) is 0 Å². The van der Waals surface area contributed by atoms with Crippen LogP contribution in [0.1, 0.15) is 39.6 Å². The SMILES string of the molecule is CC(N)c1n[nH]c(=O)n1C(C)(C)C. The fraction of sp³-hybridized carbons (Fsp3) is 0.750. The summed E-state index contributed by atoms with van der Waals surface area (Å²) in [6.45, 7) is 7.62. The van der Waals surface area contributed by atoms with Crippen LogP contribution >= 0.6 is 0 Å². The van der Waals surface area contributed by atoms with E-state index in [1.54, 1.807) is 11.5 Å². The minimum atomic E-state index is -0.285. The lowest BCUT2D eigenvalue weighted by Crippen LogP contribution is -2.35. The number of H-pyrrole nitrogens is 1. The molecule has 0 spiro atoms. The topological polar surface area (TPSA) is 76.7 Å². The van der Waals surface area contributed by atoms with Crippen molar-refractivity contribution in [2.75, 3.05) is 0 Å². The van der Waals surface area contributed by atoms with Crippen LogP contribution in [0.25, 0.3) is 0 Å². The minimum absolute atomic E-state index is 0.209. The minimum Gasteiger partial charge on any atom is -0.322 e. The summed E-state index contributed by atoms with van der Waals surface area (Å²) in [6, 6.07) is -0.238. The molecule has 0 bridgehead atoms. The van der Waals surface area contributed by atoms with Crippen molar-refractivity contribution in [2.24, 2.45) is 5.73 Å². The van der Waals surface area contributed by atoms with Gasteiger partial charge in [0.1, 0.15) is 0 Å². The summed E-state index contributed by atoms with van der Waals surface area (Å²) < 4.78 is 1.58. The maximum Gasteiger partial charge on any atom is 0.343 e. The molecule has 1 aromatic rings. The van der Waals surface area contributed by atoms with E-state index in [-0.39, 0.29) is 17.3 Å². The first kappa shape index (κ1) is 9.98. The van der Waals surface area contributed by atoms with Gasteiger partial charge in [0.25, 0.3) is 0 Å². The van der Waals surface area contributed by atoms with Gasteiger partial charge in [-0.1, -0.05) is 0 Å². The maximum atomic E-state index is 11.4. The Morgan fingerprint density at radius 3 is 2.38 bits per heavy atom. The lowest BCUT2D eigenvalue weighted by molar-refractivity contribution is 0.365. The zero-order chi connectivity index (χ0) is 10.2. The smallest absolute Gasteiger partial charge is 0.322 e. The molecule has 0 saturated heterocycles. The fourth-order valence-corrected chi connectivity index (χ4v) is 1.26. The van der Waals surface area contributed by atoms with E-state index in [4.69, 9.17) is 5.73 Å². The van der Waals surface area contributed by atoms with Gasteiger partial charge in [0.15, 0.2) is 5.82 Å². The second kappa shape index (κ2) is 2.99. The van der Waals surface area contributed by atoms with Crippen LogP contribution < -0.4 is 11.4 Å². The highest BCUT2D eigenvalue weighted by molar-refractivity contribution is 4.96. The number of hydrogen-bond acceptors (Lipinski definition) is 3. The van der Waals surface area contributed by atoms with Gasteiger partial charge in [-0.3, -0.25) is 4.57 Å². The van der Waals surface area contributed by atoms with E-state index in [0.29, 0.717) is 5.82 Å². The molecule has 0 saturated carbocycles. The predicted molar refractivity (Wildman–Crippen MR) is 50.4 cm³/mol. The first-order valence-corrected chi connectivity index (χ1v) is 4.27. The van der Waals surface area contributed by atoms with Crippen LogP contribution in [0.15, 0.2) is 4.79 Å². The third-order valence-corrected chi connectivity index (χ3v) is 1.78. The number of nitrogens with one attached hydrogen (secondary N) is 1. The monoisotopic (exact) mass is 184 g/mol. The van der Waals surface area contributed by atoms with Gasteiger partial charge in [-0.25, -0.2) is 9.89 Å². The van der Waals surface area contributed by atoms with Crippen LogP contribution in [-0.4, -0.2) is 14.8 Å². The van der Waals surface area contributed by atoms with Crippen molar-refractivity contribution in [2.45, 2.75) is 39.3 Å². The Labute approximate surface area is 76.9 Å². The summed E-state index contributed by atoms with van der Waals surface area (Å²) in [5.74, 6) is 0.595. The summed E-state index contributed by atoms with van der Waals surface area (Å²) in [6.07, 6.45) is 0. The molecule has 0 aliphatic carbocycles. The molecule has 0 aromatic carbocycles. The second-order valence-corrected chi connectivity index (χ2v) is 4.18. The third kappa shape index (κ3) is 1.80. The summed E-state index contributed by atoms with van der Waals surface area (Å²) in [5.41, 5.74) is 5.19. The average Bonchev–Trinajstić information content (AvgIpc) is 2.28. The molecule has 5 heteroatoms. The quantitative estimate of drug-likeness (QED) is 0.661. The van der Waals surface area contributed by atoms with Gasteiger partial charge in [0.2, 0.25) is 0 Å². The van der Waals surface area contributed by atoms with Gasteiger partial charge < -0.3 is 5.73 Å². The van der Waals surface area contributed by atoms with Gasteiger partial charge in [0, 0.05) is 5.54 Å². The number of aromatic nitrogens is 3. The Hall–Kier alpha value is -1.10. The van der Waals surface area contributed by atoms with Gasteiger partial charge in [0.05, 0.1) is 6.04 Å². The molecule has 0 amide bonds. The van der Waals surface area contributed by atoms with Gasteiger partial charge >= 0.3 is 5.69 Å². The molecule has 1 rings (SSSR count). The average molecular weight is 184 g/mol. The van der Waals surface area contributed by atoms with Crippen molar-refractivity contribution >= 4 is 0 Å². The molecule has 74 valence electrons. The van der Waals surface area contributed by atoms with Crippen molar-refractivity contribution in [1.82, 2.24) is 14.8 Å². The Morgan fingerprint density at radius 2 is 2.08 bits per heavy atom. The highest BCUT2D eigenvalue weighted by Crippen LogP contribution is 2.15. The molecule has 0 fully saturated rings. The van der Waals surface area contributed by atoms with E-state index < -0.39 is 0 Å². The maximum absolute atomic E-state index is 11.4. The molecular formula is C8H16N4O. The van der Waals surface area contributed by atoms with E-state index in [9.17, 15) is 4.79 Å². The Morgan fingerprint density at radius 1 is 1.54 bits per heavy atom. The van der Waals surface area contributed by atoms with Crippen LogP contribution in [0.5, 0.6) is 0 Å². The third-order valence-electron chi connectivity index (χ3n) is 1.78. The van der Waals surface area contributed by atoms with Crippen LogP contribution in [0.4, 0.5) is 0 Å². The lowest BCUT2D eigenvalue weighted by Gasteiger charge is -2.22. The number of nitrogens with zero attached hydrogens (tertiary/aromatic N) is 2. The van der Waals surface area contributed by atoms with E-state index in [2.05, 4.69) is 10.2 Å². The largest absolute Gasteiger partial charge is 0.343 e. The predicted octanol–water partition coefficient (Wildman–Crippen LogP) is 0.346. The zero-order valence-corrected chi connectivity index (χ0v) is 8.46. The number of hydrogen-bond donors (Lipinski definition) is 2. The van der Waals surface area contributed by atoms with Crippen molar-refractivity contribution in [3.05, 3.63) is 16.3 Å². The number of aromatic amines is 1. The van der Waals surface area contributed by atoms with Gasteiger partial charge in [-0.15, -0.1) is 0 Å². The van der Waals surface area contributed by atoms with Crippen LogP contribution in [0.3, 0.4) is 0 Å². The fourth-order valence-electron chi connectivity index (χ4n) is 1.26. The molecule has 3 N–H and O–H groups in total. The summed E-state index contributed by atoms with van der Waals surface area (Å²) >= 11 is 0.